The third-order valence-corrected chi connectivity index (χ3v) is 4.72. The van der Waals surface area contributed by atoms with Crippen molar-refractivity contribution in [3.05, 3.63) is 0 Å². The van der Waals surface area contributed by atoms with E-state index in [0.717, 1.165) is 12.8 Å². The van der Waals surface area contributed by atoms with Crippen LogP contribution in [0.3, 0.4) is 0 Å². The lowest BCUT2D eigenvalue weighted by atomic mass is 9.89. The first-order valence-corrected chi connectivity index (χ1v) is 7.24. The van der Waals surface area contributed by atoms with Gasteiger partial charge in [0.1, 0.15) is 0 Å². The predicted octanol–water partition coefficient (Wildman–Crippen LogP) is 0.600. The third-order valence-electron chi connectivity index (χ3n) is 4.72. The van der Waals surface area contributed by atoms with Crippen LogP contribution in [0.4, 0.5) is 0 Å². The zero-order valence-electron chi connectivity index (χ0n) is 11.7. The highest BCUT2D eigenvalue weighted by Gasteiger charge is 2.42. The van der Waals surface area contributed by atoms with Crippen LogP contribution in [-0.4, -0.2) is 40.4 Å². The van der Waals surface area contributed by atoms with E-state index in [2.05, 4.69) is 0 Å². The van der Waals surface area contributed by atoms with Gasteiger partial charge in [-0.25, -0.2) is 0 Å². The molecule has 2 aliphatic rings. The summed E-state index contributed by atoms with van der Waals surface area (Å²) in [5, 5.41) is 9.19. The number of carboxylic acids is 1. The van der Waals surface area contributed by atoms with Crippen molar-refractivity contribution < 1.29 is 19.5 Å². The van der Waals surface area contributed by atoms with E-state index in [1.807, 2.05) is 6.92 Å². The molecule has 6 nitrogen and oxygen atoms in total. The number of hydrogen-bond donors (Lipinski definition) is 2. The molecule has 2 unspecified atom stereocenters. The first-order chi connectivity index (χ1) is 9.41. The summed E-state index contributed by atoms with van der Waals surface area (Å²) in [7, 11) is 0. The minimum absolute atomic E-state index is 0.0492. The molecule has 3 N–H and O–H groups in total. The standard InChI is InChI=1S/C14H22N2O4/c1-8-5-6-9(12(15)17)7-16(8)13(18)10-3-2-4-11(10)14(19)20/h8-11H,2-7H2,1H3,(H2,15,17)(H,19,20)/t8?,9?,10-,11+/m1/s1. The number of carbonyl (C=O) groups excluding carboxylic acids is 2. The van der Waals surface area contributed by atoms with Gasteiger partial charge in [0.25, 0.3) is 0 Å². The number of rotatable bonds is 3. The van der Waals surface area contributed by atoms with Crippen molar-refractivity contribution in [3.63, 3.8) is 0 Å². The quantitative estimate of drug-likeness (QED) is 0.791. The first-order valence-electron chi connectivity index (χ1n) is 7.24. The van der Waals surface area contributed by atoms with Crippen LogP contribution in [0.5, 0.6) is 0 Å². The number of primary amides is 1. The van der Waals surface area contributed by atoms with Crippen molar-refractivity contribution in [1.82, 2.24) is 4.90 Å². The molecule has 1 aliphatic heterocycles. The van der Waals surface area contributed by atoms with Crippen LogP contribution >= 0.6 is 0 Å². The molecule has 1 saturated heterocycles. The number of amides is 2. The van der Waals surface area contributed by atoms with Gasteiger partial charge in [0.2, 0.25) is 11.8 Å². The Morgan fingerprint density at radius 3 is 2.35 bits per heavy atom. The Labute approximate surface area is 118 Å². The van der Waals surface area contributed by atoms with E-state index < -0.39 is 17.8 Å². The summed E-state index contributed by atoms with van der Waals surface area (Å²) >= 11 is 0. The van der Waals surface area contributed by atoms with Crippen LogP contribution in [0.15, 0.2) is 0 Å². The van der Waals surface area contributed by atoms with Gasteiger partial charge >= 0.3 is 5.97 Å². The highest BCUT2D eigenvalue weighted by molar-refractivity contribution is 5.86. The monoisotopic (exact) mass is 282 g/mol. The van der Waals surface area contributed by atoms with E-state index in [9.17, 15) is 19.5 Å². The molecule has 0 aromatic carbocycles. The van der Waals surface area contributed by atoms with Gasteiger partial charge in [-0.2, -0.15) is 0 Å². The van der Waals surface area contributed by atoms with Gasteiger partial charge in [-0.05, 0) is 32.6 Å². The van der Waals surface area contributed by atoms with Gasteiger partial charge in [-0.1, -0.05) is 6.42 Å². The summed E-state index contributed by atoms with van der Waals surface area (Å²) in [6.45, 7) is 2.28. The van der Waals surface area contributed by atoms with Gasteiger partial charge < -0.3 is 15.7 Å². The molecule has 1 saturated carbocycles. The molecule has 0 spiro atoms. The zero-order chi connectivity index (χ0) is 14.9. The van der Waals surface area contributed by atoms with Gasteiger partial charge in [-0.3, -0.25) is 14.4 Å². The van der Waals surface area contributed by atoms with Crippen molar-refractivity contribution >= 4 is 17.8 Å². The zero-order valence-corrected chi connectivity index (χ0v) is 11.7. The largest absolute Gasteiger partial charge is 0.481 e. The van der Waals surface area contributed by atoms with Crippen LogP contribution in [0, 0.1) is 17.8 Å². The Morgan fingerprint density at radius 1 is 1.10 bits per heavy atom. The van der Waals surface area contributed by atoms with E-state index in [0.29, 0.717) is 25.8 Å². The van der Waals surface area contributed by atoms with E-state index in [1.54, 1.807) is 4.90 Å². The molecule has 1 aliphatic carbocycles. The molecule has 1 heterocycles. The number of likely N-dealkylation sites (tertiary alicyclic amines) is 1. The number of nitrogens with two attached hydrogens (primary N) is 1. The molecule has 2 rings (SSSR count). The summed E-state index contributed by atoms with van der Waals surface area (Å²) in [6.07, 6.45) is 3.40. The number of carbonyl (C=O) groups is 3. The van der Waals surface area contributed by atoms with Crippen molar-refractivity contribution in [1.29, 1.82) is 0 Å². The molecule has 4 atom stereocenters. The third kappa shape index (κ3) is 2.78. The molecule has 2 fully saturated rings. The highest BCUT2D eigenvalue weighted by atomic mass is 16.4. The second-order valence-electron chi connectivity index (χ2n) is 6.00. The molecule has 0 aromatic heterocycles. The van der Waals surface area contributed by atoms with Crippen LogP contribution in [0.2, 0.25) is 0 Å². The Morgan fingerprint density at radius 2 is 1.75 bits per heavy atom. The number of piperidine rings is 1. The normalized spacial score (nSPS) is 34.0. The van der Waals surface area contributed by atoms with Crippen molar-refractivity contribution in [3.8, 4) is 0 Å². The molecular formula is C14H22N2O4. The van der Waals surface area contributed by atoms with Crippen molar-refractivity contribution in [2.24, 2.45) is 23.5 Å². The minimum atomic E-state index is -0.892. The Kier molecular flexibility index (Phi) is 4.30. The molecule has 0 bridgehead atoms. The maximum atomic E-state index is 12.6. The molecule has 6 heteroatoms. The van der Waals surface area contributed by atoms with Crippen LogP contribution in [-0.2, 0) is 14.4 Å². The average Bonchev–Trinajstić information content (AvgIpc) is 2.87. The number of hydrogen-bond acceptors (Lipinski definition) is 3. The van der Waals surface area contributed by atoms with E-state index in [4.69, 9.17) is 5.73 Å². The molecule has 112 valence electrons. The predicted molar refractivity (Wildman–Crippen MR) is 71.6 cm³/mol. The smallest absolute Gasteiger partial charge is 0.307 e. The number of aliphatic carboxylic acids is 1. The van der Waals surface area contributed by atoms with Crippen molar-refractivity contribution in [2.45, 2.75) is 45.1 Å². The molecule has 2 amide bonds. The molecular weight excluding hydrogens is 260 g/mol. The summed E-state index contributed by atoms with van der Waals surface area (Å²) < 4.78 is 0. The first kappa shape index (κ1) is 14.8. The Hall–Kier alpha value is -1.59. The second kappa shape index (κ2) is 5.81. The maximum Gasteiger partial charge on any atom is 0.307 e. The summed E-state index contributed by atoms with van der Waals surface area (Å²) in [4.78, 5) is 36.8. The lowest BCUT2D eigenvalue weighted by Gasteiger charge is -2.38. The highest BCUT2D eigenvalue weighted by Crippen LogP contribution is 2.35. The summed E-state index contributed by atoms with van der Waals surface area (Å²) in [5.74, 6) is -2.72. The van der Waals surface area contributed by atoms with Crippen LogP contribution < -0.4 is 5.73 Å². The van der Waals surface area contributed by atoms with E-state index >= 15 is 0 Å². The van der Waals surface area contributed by atoms with Gasteiger partial charge in [0, 0.05) is 12.6 Å². The van der Waals surface area contributed by atoms with Crippen LogP contribution in [0.1, 0.15) is 39.0 Å². The van der Waals surface area contributed by atoms with Gasteiger partial charge in [0.15, 0.2) is 0 Å². The SMILES string of the molecule is CC1CCC(C(N)=O)CN1C(=O)[C@@H]1CCC[C@@H]1C(=O)O. The molecule has 0 radical (unpaired) electrons. The lowest BCUT2D eigenvalue weighted by Crippen LogP contribution is -2.51. The number of nitrogens with zero attached hydrogens (tertiary/aromatic N) is 1. The fraction of sp³-hybridized carbons (Fsp3) is 0.786. The molecule has 20 heavy (non-hydrogen) atoms. The molecule has 0 aromatic rings. The summed E-state index contributed by atoms with van der Waals surface area (Å²) in [5.41, 5.74) is 5.33. The van der Waals surface area contributed by atoms with E-state index in [-0.39, 0.29) is 23.8 Å². The van der Waals surface area contributed by atoms with Gasteiger partial charge in [0.05, 0.1) is 17.8 Å². The maximum absolute atomic E-state index is 12.6. The van der Waals surface area contributed by atoms with Gasteiger partial charge in [-0.15, -0.1) is 0 Å². The Bertz CT molecular complexity index is 423. The minimum Gasteiger partial charge on any atom is -0.481 e. The average molecular weight is 282 g/mol. The fourth-order valence-electron chi connectivity index (χ4n) is 3.41. The second-order valence-corrected chi connectivity index (χ2v) is 6.00. The Balaban J connectivity index is 2.10. The topological polar surface area (TPSA) is 101 Å². The summed E-state index contributed by atoms with van der Waals surface area (Å²) in [6, 6.07) is 0.0492. The lowest BCUT2D eigenvalue weighted by molar-refractivity contribution is -0.151. The van der Waals surface area contributed by atoms with E-state index in [1.165, 1.54) is 0 Å². The fourth-order valence-corrected chi connectivity index (χ4v) is 3.41. The number of carboxylic acid groups (broad SMARTS) is 1. The van der Waals surface area contributed by atoms with Crippen molar-refractivity contribution in [2.75, 3.05) is 6.54 Å². The van der Waals surface area contributed by atoms with Crippen LogP contribution in [0.25, 0.3) is 0 Å².